The number of nitrogens with one attached hydrogen (secondary N) is 1. The van der Waals surface area contributed by atoms with Gasteiger partial charge in [-0.3, -0.25) is 4.79 Å². The molecule has 0 spiro atoms. The Morgan fingerprint density at radius 2 is 1.95 bits per heavy atom. The van der Waals surface area contributed by atoms with Crippen LogP contribution in [-0.2, 0) is 6.42 Å². The number of rotatable bonds is 6. The number of benzene rings is 1. The third-order valence-corrected chi connectivity index (χ3v) is 3.13. The second-order valence-corrected chi connectivity index (χ2v) is 4.90. The van der Waals surface area contributed by atoms with Gasteiger partial charge in [-0.05, 0) is 42.7 Å². The average Bonchev–Trinajstić information content (AvgIpc) is 2.98. The average molecular weight is 272 g/mol. The van der Waals surface area contributed by atoms with E-state index in [1.165, 1.54) is 17.5 Å². The van der Waals surface area contributed by atoms with Gasteiger partial charge in [-0.15, -0.1) is 0 Å². The van der Waals surface area contributed by atoms with Crippen LogP contribution < -0.4 is 10.2 Å². The highest BCUT2D eigenvalue weighted by molar-refractivity contribution is 5.91. The minimum atomic E-state index is -0.155. The van der Waals surface area contributed by atoms with Crippen LogP contribution in [0, 0.1) is 0 Å². The van der Waals surface area contributed by atoms with E-state index in [9.17, 15) is 4.79 Å². The van der Waals surface area contributed by atoms with Gasteiger partial charge in [0, 0.05) is 26.3 Å². The van der Waals surface area contributed by atoms with E-state index in [1.807, 2.05) is 14.1 Å². The maximum absolute atomic E-state index is 11.6. The van der Waals surface area contributed by atoms with Gasteiger partial charge < -0.3 is 14.6 Å². The molecule has 20 heavy (non-hydrogen) atoms. The quantitative estimate of drug-likeness (QED) is 0.822. The van der Waals surface area contributed by atoms with Gasteiger partial charge in [0.05, 0.1) is 6.26 Å². The Morgan fingerprint density at radius 3 is 2.55 bits per heavy atom. The summed E-state index contributed by atoms with van der Waals surface area (Å²) in [5, 5.41) is 2.84. The first-order chi connectivity index (χ1) is 9.66. The summed E-state index contributed by atoms with van der Waals surface area (Å²) in [4.78, 5) is 13.7. The molecule has 106 valence electrons. The molecule has 4 nitrogen and oxygen atoms in total. The van der Waals surface area contributed by atoms with E-state index in [0.717, 1.165) is 12.8 Å². The summed E-state index contributed by atoms with van der Waals surface area (Å²) in [6.07, 6.45) is 3.36. The van der Waals surface area contributed by atoms with Crippen LogP contribution in [0.15, 0.2) is 47.1 Å². The molecule has 1 amide bonds. The Bertz CT molecular complexity index is 530. The molecule has 1 aromatic heterocycles. The standard InChI is InChI=1S/C16H20N2O2/c1-18(2)14-9-7-13(8-10-14)5-3-11-17-16(19)15-6-4-12-20-15/h4,6-10,12H,3,5,11H2,1-2H3,(H,17,19). The molecule has 1 heterocycles. The van der Waals surface area contributed by atoms with Crippen molar-refractivity contribution in [2.45, 2.75) is 12.8 Å². The van der Waals surface area contributed by atoms with Crippen molar-refractivity contribution in [1.82, 2.24) is 5.32 Å². The highest BCUT2D eigenvalue weighted by Crippen LogP contribution is 2.13. The van der Waals surface area contributed by atoms with Crippen molar-refractivity contribution in [3.05, 3.63) is 54.0 Å². The lowest BCUT2D eigenvalue weighted by Gasteiger charge is -2.12. The molecule has 1 aromatic carbocycles. The minimum Gasteiger partial charge on any atom is -0.459 e. The summed E-state index contributed by atoms with van der Waals surface area (Å²) in [7, 11) is 4.05. The number of nitrogens with zero attached hydrogens (tertiary/aromatic N) is 1. The van der Waals surface area contributed by atoms with Crippen LogP contribution in [0.5, 0.6) is 0 Å². The predicted molar refractivity (Wildman–Crippen MR) is 80.1 cm³/mol. The van der Waals surface area contributed by atoms with Gasteiger partial charge in [0.2, 0.25) is 0 Å². The number of aryl methyl sites for hydroxylation is 1. The Balaban J connectivity index is 1.72. The Hall–Kier alpha value is -2.23. The van der Waals surface area contributed by atoms with Crippen molar-refractivity contribution in [2.75, 3.05) is 25.5 Å². The molecule has 0 fully saturated rings. The fourth-order valence-corrected chi connectivity index (χ4v) is 1.95. The fourth-order valence-electron chi connectivity index (χ4n) is 1.95. The normalized spacial score (nSPS) is 10.3. The predicted octanol–water partition coefficient (Wildman–Crippen LogP) is 2.71. The molecule has 0 radical (unpaired) electrons. The zero-order valence-corrected chi connectivity index (χ0v) is 11.9. The van der Waals surface area contributed by atoms with Crippen LogP contribution >= 0.6 is 0 Å². The molecule has 0 aliphatic rings. The molecule has 0 aliphatic heterocycles. The molecule has 2 aromatic rings. The molecule has 0 saturated heterocycles. The van der Waals surface area contributed by atoms with Gasteiger partial charge in [0.15, 0.2) is 5.76 Å². The topological polar surface area (TPSA) is 45.5 Å². The number of carbonyl (C=O) groups excluding carboxylic acids is 1. The Labute approximate surface area is 119 Å². The molecular weight excluding hydrogens is 252 g/mol. The lowest BCUT2D eigenvalue weighted by Crippen LogP contribution is -2.24. The van der Waals surface area contributed by atoms with E-state index >= 15 is 0 Å². The van der Waals surface area contributed by atoms with E-state index in [-0.39, 0.29) is 5.91 Å². The van der Waals surface area contributed by atoms with E-state index in [1.54, 1.807) is 12.1 Å². The number of furan rings is 1. The van der Waals surface area contributed by atoms with Gasteiger partial charge in [-0.1, -0.05) is 12.1 Å². The van der Waals surface area contributed by atoms with E-state index < -0.39 is 0 Å². The van der Waals surface area contributed by atoms with Crippen LogP contribution in [0.25, 0.3) is 0 Å². The Morgan fingerprint density at radius 1 is 1.20 bits per heavy atom. The van der Waals surface area contributed by atoms with Gasteiger partial charge in [-0.25, -0.2) is 0 Å². The molecule has 0 saturated carbocycles. The molecule has 1 N–H and O–H groups in total. The summed E-state index contributed by atoms with van der Waals surface area (Å²) in [5.74, 6) is 0.207. The summed E-state index contributed by atoms with van der Waals surface area (Å²) in [6.45, 7) is 0.648. The van der Waals surface area contributed by atoms with Crippen LogP contribution in [0.1, 0.15) is 22.5 Å². The summed E-state index contributed by atoms with van der Waals surface area (Å²) < 4.78 is 5.03. The second kappa shape index (κ2) is 6.80. The van der Waals surface area contributed by atoms with E-state index in [4.69, 9.17) is 4.42 Å². The summed E-state index contributed by atoms with van der Waals surface area (Å²) >= 11 is 0. The monoisotopic (exact) mass is 272 g/mol. The van der Waals surface area contributed by atoms with Crippen molar-refractivity contribution >= 4 is 11.6 Å². The largest absolute Gasteiger partial charge is 0.459 e. The fraction of sp³-hybridized carbons (Fsp3) is 0.312. The lowest BCUT2D eigenvalue weighted by molar-refractivity contribution is 0.0925. The summed E-state index contributed by atoms with van der Waals surface area (Å²) in [5.41, 5.74) is 2.47. The van der Waals surface area contributed by atoms with Crippen molar-refractivity contribution in [3.63, 3.8) is 0 Å². The second-order valence-electron chi connectivity index (χ2n) is 4.90. The first kappa shape index (κ1) is 14.2. The lowest BCUT2D eigenvalue weighted by atomic mass is 10.1. The molecule has 4 heteroatoms. The zero-order valence-electron chi connectivity index (χ0n) is 11.9. The van der Waals surface area contributed by atoms with Crippen LogP contribution in [0.2, 0.25) is 0 Å². The van der Waals surface area contributed by atoms with Crippen molar-refractivity contribution < 1.29 is 9.21 Å². The Kier molecular flexibility index (Phi) is 4.82. The van der Waals surface area contributed by atoms with Crippen LogP contribution in [0.4, 0.5) is 5.69 Å². The van der Waals surface area contributed by atoms with E-state index in [0.29, 0.717) is 12.3 Å². The maximum atomic E-state index is 11.6. The molecule has 0 unspecified atom stereocenters. The highest BCUT2D eigenvalue weighted by Gasteiger charge is 2.06. The molecule has 0 atom stereocenters. The van der Waals surface area contributed by atoms with E-state index in [2.05, 4.69) is 34.5 Å². The third-order valence-electron chi connectivity index (χ3n) is 3.13. The number of hydrogen-bond acceptors (Lipinski definition) is 3. The first-order valence-corrected chi connectivity index (χ1v) is 6.75. The SMILES string of the molecule is CN(C)c1ccc(CCCNC(=O)c2ccco2)cc1. The van der Waals surface area contributed by atoms with Gasteiger partial charge >= 0.3 is 0 Å². The molecule has 2 rings (SSSR count). The van der Waals surface area contributed by atoms with Crippen molar-refractivity contribution in [1.29, 1.82) is 0 Å². The number of carbonyl (C=O) groups is 1. The number of anilines is 1. The summed E-state index contributed by atoms with van der Waals surface area (Å²) in [6, 6.07) is 11.8. The number of amides is 1. The first-order valence-electron chi connectivity index (χ1n) is 6.75. The molecule has 0 aliphatic carbocycles. The maximum Gasteiger partial charge on any atom is 0.286 e. The van der Waals surface area contributed by atoms with Gasteiger partial charge in [-0.2, -0.15) is 0 Å². The third kappa shape index (κ3) is 3.88. The van der Waals surface area contributed by atoms with Crippen molar-refractivity contribution in [3.8, 4) is 0 Å². The molecule has 0 bridgehead atoms. The van der Waals surface area contributed by atoms with Gasteiger partial charge in [0.1, 0.15) is 0 Å². The smallest absolute Gasteiger partial charge is 0.286 e. The zero-order chi connectivity index (χ0) is 14.4. The number of hydrogen-bond donors (Lipinski definition) is 1. The van der Waals surface area contributed by atoms with Crippen LogP contribution in [-0.4, -0.2) is 26.5 Å². The highest BCUT2D eigenvalue weighted by atomic mass is 16.3. The minimum absolute atomic E-state index is 0.155. The van der Waals surface area contributed by atoms with Crippen molar-refractivity contribution in [2.24, 2.45) is 0 Å². The molecular formula is C16H20N2O2. The van der Waals surface area contributed by atoms with Gasteiger partial charge in [0.25, 0.3) is 5.91 Å². The van der Waals surface area contributed by atoms with Crippen LogP contribution in [0.3, 0.4) is 0 Å².